The normalized spacial score (nSPS) is 12.0. The Morgan fingerprint density at radius 1 is 1.33 bits per heavy atom. The van der Waals surface area contributed by atoms with Crippen molar-refractivity contribution in [3.05, 3.63) is 23.8 Å². The van der Waals surface area contributed by atoms with E-state index < -0.39 is 9.84 Å². The SMILES string of the molecule is CCS(=O)(=O)c1ccc(C(C)C)c(N)c1. The third-order valence-corrected chi connectivity index (χ3v) is 4.15. The van der Waals surface area contributed by atoms with Crippen molar-refractivity contribution in [2.45, 2.75) is 31.6 Å². The Balaban J connectivity index is 3.24. The molecule has 3 nitrogen and oxygen atoms in total. The zero-order valence-corrected chi connectivity index (χ0v) is 10.1. The van der Waals surface area contributed by atoms with Crippen molar-refractivity contribution in [3.63, 3.8) is 0 Å². The van der Waals surface area contributed by atoms with Crippen molar-refractivity contribution < 1.29 is 8.42 Å². The van der Waals surface area contributed by atoms with Gasteiger partial charge in [0.15, 0.2) is 9.84 Å². The number of hydrogen-bond acceptors (Lipinski definition) is 3. The van der Waals surface area contributed by atoms with Crippen LogP contribution in [0.15, 0.2) is 23.1 Å². The summed E-state index contributed by atoms with van der Waals surface area (Å²) in [7, 11) is -3.14. The van der Waals surface area contributed by atoms with Crippen molar-refractivity contribution >= 4 is 15.5 Å². The molecule has 0 bridgehead atoms. The van der Waals surface area contributed by atoms with Crippen LogP contribution in [0.2, 0.25) is 0 Å². The number of sulfone groups is 1. The topological polar surface area (TPSA) is 60.2 Å². The molecular formula is C11H17NO2S. The lowest BCUT2D eigenvalue weighted by molar-refractivity contribution is 0.597. The van der Waals surface area contributed by atoms with E-state index in [-0.39, 0.29) is 5.75 Å². The van der Waals surface area contributed by atoms with Crippen molar-refractivity contribution in [3.8, 4) is 0 Å². The summed E-state index contributed by atoms with van der Waals surface area (Å²) in [5, 5.41) is 0. The number of nitrogen functional groups attached to an aromatic ring is 1. The molecule has 15 heavy (non-hydrogen) atoms. The summed E-state index contributed by atoms with van der Waals surface area (Å²) in [6.07, 6.45) is 0. The number of nitrogens with two attached hydrogens (primary N) is 1. The van der Waals surface area contributed by atoms with Gasteiger partial charge in [-0.3, -0.25) is 0 Å². The average molecular weight is 227 g/mol. The zero-order valence-electron chi connectivity index (χ0n) is 9.32. The van der Waals surface area contributed by atoms with Crippen LogP contribution in [0.3, 0.4) is 0 Å². The molecule has 2 N–H and O–H groups in total. The van der Waals surface area contributed by atoms with Gasteiger partial charge in [0, 0.05) is 5.69 Å². The molecule has 4 heteroatoms. The van der Waals surface area contributed by atoms with E-state index in [0.29, 0.717) is 16.5 Å². The molecular weight excluding hydrogens is 210 g/mol. The highest BCUT2D eigenvalue weighted by atomic mass is 32.2. The zero-order chi connectivity index (χ0) is 11.6. The molecule has 0 heterocycles. The smallest absolute Gasteiger partial charge is 0.178 e. The lowest BCUT2D eigenvalue weighted by Crippen LogP contribution is -2.06. The van der Waals surface area contributed by atoms with Gasteiger partial charge >= 0.3 is 0 Å². The average Bonchev–Trinajstić information content (AvgIpc) is 2.17. The summed E-state index contributed by atoms with van der Waals surface area (Å²) >= 11 is 0. The molecule has 0 amide bonds. The predicted molar refractivity (Wildman–Crippen MR) is 62.7 cm³/mol. The van der Waals surface area contributed by atoms with Crippen LogP contribution in [0.1, 0.15) is 32.3 Å². The summed E-state index contributed by atoms with van der Waals surface area (Å²) in [6.45, 7) is 5.68. The summed E-state index contributed by atoms with van der Waals surface area (Å²) < 4.78 is 23.2. The van der Waals surface area contributed by atoms with Crippen LogP contribution in [0.25, 0.3) is 0 Å². The van der Waals surface area contributed by atoms with E-state index in [9.17, 15) is 8.42 Å². The summed E-state index contributed by atoms with van der Waals surface area (Å²) in [5.41, 5.74) is 7.36. The lowest BCUT2D eigenvalue weighted by Gasteiger charge is -2.10. The maximum Gasteiger partial charge on any atom is 0.178 e. The number of anilines is 1. The van der Waals surface area contributed by atoms with Gasteiger partial charge < -0.3 is 5.73 Å². The van der Waals surface area contributed by atoms with Gasteiger partial charge in [-0.2, -0.15) is 0 Å². The summed E-state index contributed by atoms with van der Waals surface area (Å²) in [5.74, 6) is 0.413. The van der Waals surface area contributed by atoms with E-state index in [0.717, 1.165) is 5.56 Å². The first-order valence-corrected chi connectivity index (χ1v) is 6.66. The summed E-state index contributed by atoms with van der Waals surface area (Å²) in [6, 6.07) is 4.97. The number of rotatable bonds is 3. The minimum atomic E-state index is -3.14. The number of benzene rings is 1. The van der Waals surface area contributed by atoms with Gasteiger partial charge in [0.1, 0.15) is 0 Å². The molecule has 0 aromatic heterocycles. The quantitative estimate of drug-likeness (QED) is 0.805. The van der Waals surface area contributed by atoms with Gasteiger partial charge in [-0.1, -0.05) is 26.8 Å². The fourth-order valence-electron chi connectivity index (χ4n) is 1.44. The minimum absolute atomic E-state index is 0.105. The second-order valence-electron chi connectivity index (χ2n) is 3.85. The Kier molecular flexibility index (Phi) is 3.39. The van der Waals surface area contributed by atoms with Crippen LogP contribution in [0.5, 0.6) is 0 Å². The van der Waals surface area contributed by atoms with Gasteiger partial charge in [-0.05, 0) is 23.6 Å². The Bertz CT molecular complexity index is 450. The predicted octanol–water partition coefficient (Wildman–Crippen LogP) is 2.19. The molecule has 1 aromatic rings. The van der Waals surface area contributed by atoms with Crippen molar-refractivity contribution in [2.24, 2.45) is 0 Å². The van der Waals surface area contributed by atoms with Crippen molar-refractivity contribution in [1.82, 2.24) is 0 Å². The molecule has 0 aliphatic carbocycles. The van der Waals surface area contributed by atoms with E-state index >= 15 is 0 Å². The maximum atomic E-state index is 11.6. The highest BCUT2D eigenvalue weighted by molar-refractivity contribution is 7.91. The Morgan fingerprint density at radius 2 is 1.93 bits per heavy atom. The van der Waals surface area contributed by atoms with Crippen molar-refractivity contribution in [1.29, 1.82) is 0 Å². The van der Waals surface area contributed by atoms with Gasteiger partial charge in [-0.15, -0.1) is 0 Å². The molecule has 0 fully saturated rings. The van der Waals surface area contributed by atoms with Crippen LogP contribution in [-0.2, 0) is 9.84 Å². The first-order valence-electron chi connectivity index (χ1n) is 5.00. The second-order valence-corrected chi connectivity index (χ2v) is 6.13. The van der Waals surface area contributed by atoms with Gasteiger partial charge in [0.25, 0.3) is 0 Å². The molecule has 0 radical (unpaired) electrons. The highest BCUT2D eigenvalue weighted by Crippen LogP contribution is 2.24. The van der Waals surface area contributed by atoms with Crippen LogP contribution >= 0.6 is 0 Å². The van der Waals surface area contributed by atoms with Crippen LogP contribution in [0, 0.1) is 0 Å². The molecule has 1 rings (SSSR count). The molecule has 0 aliphatic rings. The van der Waals surface area contributed by atoms with Gasteiger partial charge in [0.05, 0.1) is 10.6 Å². The highest BCUT2D eigenvalue weighted by Gasteiger charge is 2.13. The Morgan fingerprint density at radius 3 is 2.33 bits per heavy atom. The molecule has 1 aromatic carbocycles. The van der Waals surface area contributed by atoms with E-state index in [1.807, 2.05) is 13.8 Å². The van der Waals surface area contributed by atoms with Crippen LogP contribution < -0.4 is 5.73 Å². The molecule has 0 aliphatic heterocycles. The Hall–Kier alpha value is -1.03. The fourth-order valence-corrected chi connectivity index (χ4v) is 2.35. The molecule has 0 atom stereocenters. The minimum Gasteiger partial charge on any atom is -0.398 e. The van der Waals surface area contributed by atoms with E-state index in [1.54, 1.807) is 25.1 Å². The van der Waals surface area contributed by atoms with Gasteiger partial charge in [-0.25, -0.2) is 8.42 Å². The summed E-state index contributed by atoms with van der Waals surface area (Å²) in [4.78, 5) is 0.312. The largest absolute Gasteiger partial charge is 0.398 e. The molecule has 0 unspecified atom stereocenters. The fraction of sp³-hybridized carbons (Fsp3) is 0.455. The first kappa shape index (κ1) is 12.0. The third-order valence-electron chi connectivity index (χ3n) is 2.42. The molecule has 0 saturated carbocycles. The van der Waals surface area contributed by atoms with E-state index in [1.165, 1.54) is 0 Å². The van der Waals surface area contributed by atoms with E-state index in [2.05, 4.69) is 0 Å². The van der Waals surface area contributed by atoms with Crippen LogP contribution in [-0.4, -0.2) is 14.2 Å². The molecule has 0 spiro atoms. The Labute approximate surface area is 91.2 Å². The first-order chi connectivity index (χ1) is 6.88. The third kappa shape index (κ3) is 2.50. The standard InChI is InChI=1S/C11H17NO2S/c1-4-15(13,14)9-5-6-10(8(2)3)11(12)7-9/h5-8H,4,12H2,1-3H3. The van der Waals surface area contributed by atoms with Crippen molar-refractivity contribution in [2.75, 3.05) is 11.5 Å². The maximum absolute atomic E-state index is 11.6. The molecule has 0 saturated heterocycles. The van der Waals surface area contributed by atoms with Crippen LogP contribution in [0.4, 0.5) is 5.69 Å². The number of hydrogen-bond donors (Lipinski definition) is 1. The van der Waals surface area contributed by atoms with Gasteiger partial charge in [0.2, 0.25) is 0 Å². The monoisotopic (exact) mass is 227 g/mol. The lowest BCUT2D eigenvalue weighted by atomic mass is 10.0. The van der Waals surface area contributed by atoms with E-state index in [4.69, 9.17) is 5.73 Å². The second kappa shape index (κ2) is 4.23. The molecule has 84 valence electrons.